The maximum atomic E-state index is 13.8. The smallest absolute Gasteiger partial charge is 0.418 e. The van der Waals surface area contributed by atoms with Gasteiger partial charge in [-0.15, -0.1) is 15.3 Å². The van der Waals surface area contributed by atoms with Crippen molar-refractivity contribution >= 4 is 17.4 Å². The monoisotopic (exact) mass is 512 g/mol. The summed E-state index contributed by atoms with van der Waals surface area (Å²) in [5, 5.41) is 15.2. The molecule has 2 bridgehead atoms. The first-order chi connectivity index (χ1) is 17.7. The predicted molar refractivity (Wildman–Crippen MR) is 124 cm³/mol. The average Bonchev–Trinajstić information content (AvgIpc) is 3.52. The van der Waals surface area contributed by atoms with Gasteiger partial charge < -0.3 is 9.32 Å². The van der Waals surface area contributed by atoms with Crippen LogP contribution >= 0.6 is 0 Å². The molecule has 1 aliphatic carbocycles. The number of aromatic nitrogens is 6. The molecular weight excluding hydrogens is 489 g/mol. The fourth-order valence-corrected chi connectivity index (χ4v) is 5.60. The summed E-state index contributed by atoms with van der Waals surface area (Å²) >= 11 is 0. The molecule has 1 saturated heterocycles. The van der Waals surface area contributed by atoms with Gasteiger partial charge in [0.05, 0.1) is 17.3 Å². The second-order valence-corrected chi connectivity index (χ2v) is 9.66. The number of piperidine rings is 1. The van der Waals surface area contributed by atoms with Gasteiger partial charge in [0.1, 0.15) is 11.4 Å². The lowest BCUT2D eigenvalue weighted by atomic mass is 9.64. The largest absolute Gasteiger partial charge is 0.423 e. The Bertz CT molecular complexity index is 1500. The fourth-order valence-electron chi connectivity index (χ4n) is 5.60. The highest BCUT2D eigenvalue weighted by atomic mass is 19.4. The van der Waals surface area contributed by atoms with Gasteiger partial charge in [0, 0.05) is 36.8 Å². The van der Waals surface area contributed by atoms with Gasteiger partial charge in [-0.1, -0.05) is 13.8 Å². The van der Waals surface area contributed by atoms with Gasteiger partial charge in [0.25, 0.3) is 0 Å². The summed E-state index contributed by atoms with van der Waals surface area (Å²) in [7, 11) is 0. The summed E-state index contributed by atoms with van der Waals surface area (Å²) in [6.45, 7) is 4.01. The van der Waals surface area contributed by atoms with Gasteiger partial charge in [0.2, 0.25) is 11.8 Å². The van der Waals surface area contributed by atoms with Crippen molar-refractivity contribution in [3.05, 3.63) is 54.1 Å². The van der Waals surface area contributed by atoms with Crippen LogP contribution < -0.4 is 5.32 Å². The van der Waals surface area contributed by atoms with Crippen molar-refractivity contribution in [3.63, 3.8) is 0 Å². The van der Waals surface area contributed by atoms with Crippen LogP contribution in [0.1, 0.15) is 50.5 Å². The Morgan fingerprint density at radius 1 is 1.24 bits per heavy atom. The van der Waals surface area contributed by atoms with Gasteiger partial charge in [-0.25, -0.2) is 19.3 Å². The average molecular weight is 512 g/mol. The Kier molecular flexibility index (Phi) is 5.21. The number of fused-ring (bicyclic) bond motifs is 3. The lowest BCUT2D eigenvalue weighted by molar-refractivity contribution is -0.137. The zero-order valence-electron chi connectivity index (χ0n) is 20.0. The van der Waals surface area contributed by atoms with Crippen LogP contribution in [0.2, 0.25) is 0 Å². The summed E-state index contributed by atoms with van der Waals surface area (Å²) in [5.74, 6) is 1.03. The molecule has 5 heterocycles. The predicted octanol–water partition coefficient (Wildman–Crippen LogP) is 4.69. The van der Waals surface area contributed by atoms with E-state index in [9.17, 15) is 18.0 Å². The standard InChI is InChI=1S/C24H23F3N8O2/c1-3-19-31-32-21(37-19)23-9-13(2)7-15(10-23)35(23)22(36)30-18-8-16(17(12-28-18)24(25,26)27)20-29-11-14-5-4-6-34(14)33-20/h4-6,8,11-13,15H,3,7,9-10H2,1-2H3,(H,28,30,36)/t13-,15?,23?/m1/s1. The number of carbonyl (C=O) groups is 1. The Balaban J connectivity index is 1.34. The molecule has 1 saturated carbocycles. The number of likely N-dealkylation sites (tertiary alicyclic amines) is 1. The minimum Gasteiger partial charge on any atom is -0.423 e. The first-order valence-electron chi connectivity index (χ1n) is 12.0. The molecular formula is C24H23F3N8O2. The van der Waals surface area contributed by atoms with E-state index in [0.29, 0.717) is 48.7 Å². The third-order valence-corrected chi connectivity index (χ3v) is 7.11. The lowest BCUT2D eigenvalue weighted by Gasteiger charge is -2.61. The minimum atomic E-state index is -4.69. The lowest BCUT2D eigenvalue weighted by Crippen LogP contribution is -2.70. The maximum Gasteiger partial charge on any atom is 0.418 e. The Hall–Kier alpha value is -4.03. The van der Waals surface area contributed by atoms with Gasteiger partial charge in [-0.05, 0) is 37.0 Å². The summed E-state index contributed by atoms with van der Waals surface area (Å²) in [5.41, 5.74) is -1.40. The second-order valence-electron chi connectivity index (χ2n) is 9.66. The molecule has 10 nitrogen and oxygen atoms in total. The van der Waals surface area contributed by atoms with Crippen molar-refractivity contribution in [1.29, 1.82) is 0 Å². The van der Waals surface area contributed by atoms with Crippen LogP contribution in [0.25, 0.3) is 16.9 Å². The molecule has 0 spiro atoms. The molecule has 6 rings (SSSR count). The van der Waals surface area contributed by atoms with Gasteiger partial charge >= 0.3 is 12.2 Å². The number of hydrogen-bond acceptors (Lipinski definition) is 7. The highest BCUT2D eigenvalue weighted by Gasteiger charge is 2.62. The van der Waals surface area contributed by atoms with Crippen LogP contribution in [0.15, 0.2) is 41.2 Å². The number of carbonyl (C=O) groups excluding carboxylic acids is 1. The van der Waals surface area contributed by atoms with E-state index < -0.39 is 23.3 Å². The Morgan fingerprint density at radius 3 is 2.84 bits per heavy atom. The molecule has 4 aromatic rings. The number of halogens is 3. The van der Waals surface area contributed by atoms with Crippen LogP contribution in [-0.4, -0.2) is 46.8 Å². The number of nitrogens with zero attached hydrogens (tertiary/aromatic N) is 7. The van der Waals surface area contributed by atoms with Crippen molar-refractivity contribution in [3.8, 4) is 11.4 Å². The molecule has 0 radical (unpaired) electrons. The number of rotatable bonds is 4. The van der Waals surface area contributed by atoms with Crippen molar-refractivity contribution in [2.75, 3.05) is 5.32 Å². The third kappa shape index (κ3) is 3.80. The van der Waals surface area contributed by atoms with Gasteiger partial charge in [0.15, 0.2) is 5.82 Å². The van der Waals surface area contributed by atoms with E-state index in [-0.39, 0.29) is 23.2 Å². The highest BCUT2D eigenvalue weighted by molar-refractivity contribution is 5.90. The molecule has 2 amide bonds. The van der Waals surface area contributed by atoms with Crippen molar-refractivity contribution < 1.29 is 22.4 Å². The molecule has 1 aliphatic heterocycles. The SMILES string of the molecule is CCc1nnc(C23CC(C[C@@H](C)C2)N3C(=O)Nc2cc(-c3ncc4cccn4n3)c(C(F)(F)F)cn2)o1. The van der Waals surface area contributed by atoms with Gasteiger partial charge in [-0.2, -0.15) is 13.2 Å². The van der Waals surface area contributed by atoms with Crippen molar-refractivity contribution in [2.24, 2.45) is 5.92 Å². The van der Waals surface area contributed by atoms with E-state index in [2.05, 4.69) is 37.5 Å². The summed E-state index contributed by atoms with van der Waals surface area (Å²) in [6.07, 6.45) is 1.76. The van der Waals surface area contributed by atoms with Gasteiger partial charge in [-0.3, -0.25) is 5.32 Å². The van der Waals surface area contributed by atoms with Crippen LogP contribution in [0.3, 0.4) is 0 Å². The van der Waals surface area contributed by atoms with E-state index in [1.54, 1.807) is 23.2 Å². The first kappa shape index (κ1) is 23.4. The molecule has 37 heavy (non-hydrogen) atoms. The zero-order valence-corrected chi connectivity index (χ0v) is 20.0. The molecule has 2 aliphatic rings. The summed E-state index contributed by atoms with van der Waals surface area (Å²) in [4.78, 5) is 23.1. The van der Waals surface area contributed by atoms with Crippen molar-refractivity contribution in [2.45, 2.75) is 57.3 Å². The summed E-state index contributed by atoms with van der Waals surface area (Å²) in [6, 6.07) is 4.07. The number of aryl methyl sites for hydroxylation is 1. The van der Waals surface area contributed by atoms with E-state index in [1.807, 2.05) is 6.92 Å². The van der Waals surface area contributed by atoms with E-state index in [0.717, 1.165) is 12.5 Å². The molecule has 2 fully saturated rings. The fraction of sp³-hybridized carbons (Fsp3) is 0.417. The number of nitrogens with one attached hydrogen (secondary N) is 1. The number of urea groups is 1. The number of amides is 2. The number of alkyl halides is 3. The Labute approximate surface area is 208 Å². The molecule has 3 atom stereocenters. The van der Waals surface area contributed by atoms with Crippen LogP contribution in [-0.2, 0) is 18.1 Å². The molecule has 1 N–H and O–H groups in total. The maximum absolute atomic E-state index is 13.8. The van der Waals surface area contributed by atoms with Crippen LogP contribution in [0.5, 0.6) is 0 Å². The summed E-state index contributed by atoms with van der Waals surface area (Å²) < 4.78 is 48.7. The normalized spacial score (nSPS) is 23.2. The Morgan fingerprint density at radius 2 is 2.08 bits per heavy atom. The molecule has 0 aromatic carbocycles. The second kappa shape index (κ2) is 8.25. The number of pyridine rings is 1. The number of hydrogen-bond donors (Lipinski definition) is 1. The zero-order chi connectivity index (χ0) is 25.9. The van der Waals surface area contributed by atoms with Crippen LogP contribution in [0, 0.1) is 5.92 Å². The van der Waals surface area contributed by atoms with E-state index in [1.165, 1.54) is 10.7 Å². The first-order valence-corrected chi connectivity index (χ1v) is 12.0. The number of anilines is 1. The quantitative estimate of drug-likeness (QED) is 0.422. The van der Waals surface area contributed by atoms with E-state index in [4.69, 9.17) is 4.42 Å². The molecule has 4 aromatic heterocycles. The molecule has 13 heteroatoms. The third-order valence-electron chi connectivity index (χ3n) is 7.11. The minimum absolute atomic E-state index is 0.0443. The van der Waals surface area contributed by atoms with Crippen LogP contribution in [0.4, 0.5) is 23.8 Å². The molecule has 2 unspecified atom stereocenters. The van der Waals surface area contributed by atoms with E-state index >= 15 is 0 Å². The van der Waals surface area contributed by atoms with Crippen molar-refractivity contribution in [1.82, 2.24) is 34.7 Å². The highest BCUT2D eigenvalue weighted by Crippen LogP contribution is 2.55. The topological polar surface area (TPSA) is 114 Å². The molecule has 192 valence electrons.